The van der Waals surface area contributed by atoms with Crippen molar-refractivity contribution in [3.8, 4) is 5.75 Å². The number of carbonyl (C=O) groups excluding carboxylic acids is 5. The van der Waals surface area contributed by atoms with Crippen LogP contribution in [0, 0.1) is 0 Å². The molecule has 0 saturated heterocycles. The van der Waals surface area contributed by atoms with E-state index >= 15 is 0 Å². The summed E-state index contributed by atoms with van der Waals surface area (Å²) in [7, 11) is 3.35. The maximum atomic E-state index is 13.8. The van der Waals surface area contributed by atoms with Crippen LogP contribution in [0.2, 0.25) is 0 Å². The van der Waals surface area contributed by atoms with Crippen LogP contribution < -0.4 is 25.6 Å². The van der Waals surface area contributed by atoms with Crippen molar-refractivity contribution in [2.75, 3.05) is 33.3 Å². The van der Waals surface area contributed by atoms with Gasteiger partial charge >= 0.3 is 5.97 Å². The van der Waals surface area contributed by atoms with E-state index in [4.69, 9.17) is 21.1 Å². The average molecular weight is 781 g/mol. The van der Waals surface area contributed by atoms with Gasteiger partial charge in [0.1, 0.15) is 29.3 Å². The third kappa shape index (κ3) is 9.06. The predicted octanol–water partition coefficient (Wildman–Crippen LogP) is 7.35. The van der Waals surface area contributed by atoms with E-state index < -0.39 is 23.4 Å². The van der Waals surface area contributed by atoms with E-state index in [-0.39, 0.29) is 54.4 Å². The van der Waals surface area contributed by atoms with Gasteiger partial charge in [-0.15, -0.1) is 11.6 Å². The van der Waals surface area contributed by atoms with Crippen molar-refractivity contribution in [3.05, 3.63) is 102 Å². The molecular formula is C42H45ClN6O7. The van der Waals surface area contributed by atoms with Crippen molar-refractivity contribution >= 4 is 74.7 Å². The standard InChI is InChI=1S/C42H45ClN6O7/c1-25(50)44-28-12-13-31-32(16-28)36(55-24-26-10-8-7-9-11-26)19-33-39(31)27(20-43)21-49(33)38(52)15-14-37(51)45-29-17-34(47(5)22-29)40(53)46-30-18-35(48(6)23-30)41(54)56-42(2,3)4/h7-13,16-19,22-23,27H,14-15,20-21,24H2,1-6H3,(H,44,50)(H,45,51)(H,46,53). The lowest BCUT2D eigenvalue weighted by molar-refractivity contribution is -0.122. The van der Waals surface area contributed by atoms with Gasteiger partial charge in [0.15, 0.2) is 0 Å². The number of nitrogens with one attached hydrogen (secondary N) is 3. The number of amides is 4. The van der Waals surface area contributed by atoms with Gasteiger partial charge in [0.2, 0.25) is 17.7 Å². The van der Waals surface area contributed by atoms with Crippen molar-refractivity contribution in [2.24, 2.45) is 14.1 Å². The smallest absolute Gasteiger partial charge is 0.355 e. The maximum Gasteiger partial charge on any atom is 0.355 e. The van der Waals surface area contributed by atoms with Crippen LogP contribution in [0.25, 0.3) is 10.8 Å². The minimum atomic E-state index is -0.672. The van der Waals surface area contributed by atoms with Crippen LogP contribution in [-0.2, 0) is 39.8 Å². The van der Waals surface area contributed by atoms with Gasteiger partial charge in [0, 0.05) is 81.7 Å². The number of halogens is 1. The van der Waals surface area contributed by atoms with E-state index in [1.807, 2.05) is 54.6 Å². The fraction of sp³-hybridized carbons (Fsp3) is 0.310. The number of benzene rings is 3. The van der Waals surface area contributed by atoms with E-state index in [1.165, 1.54) is 19.1 Å². The fourth-order valence-corrected chi connectivity index (χ4v) is 7.01. The first-order valence-electron chi connectivity index (χ1n) is 18.2. The largest absolute Gasteiger partial charge is 0.488 e. The summed E-state index contributed by atoms with van der Waals surface area (Å²) in [4.78, 5) is 66.2. The molecule has 0 bridgehead atoms. The number of hydrogen-bond acceptors (Lipinski definition) is 7. The summed E-state index contributed by atoms with van der Waals surface area (Å²) in [5, 5.41) is 10.1. The number of esters is 1. The number of aryl methyl sites for hydroxylation is 2. The number of alkyl halides is 1. The molecule has 6 rings (SSSR count). The zero-order valence-electron chi connectivity index (χ0n) is 32.2. The first-order valence-corrected chi connectivity index (χ1v) is 18.7. The van der Waals surface area contributed by atoms with Crippen LogP contribution in [-0.4, -0.2) is 56.8 Å². The molecule has 1 unspecified atom stereocenters. The molecule has 5 aromatic rings. The minimum absolute atomic E-state index is 0.0752. The van der Waals surface area contributed by atoms with Crippen LogP contribution >= 0.6 is 11.6 Å². The van der Waals surface area contributed by atoms with Crippen LogP contribution in [0.3, 0.4) is 0 Å². The number of nitrogens with zero attached hydrogens (tertiary/aromatic N) is 3. The van der Waals surface area contributed by atoms with Gasteiger partial charge < -0.3 is 39.5 Å². The number of fused-ring (bicyclic) bond motifs is 3. The molecule has 13 nitrogen and oxygen atoms in total. The molecule has 3 heterocycles. The zero-order chi connectivity index (χ0) is 40.3. The molecule has 14 heteroatoms. The predicted molar refractivity (Wildman–Crippen MR) is 217 cm³/mol. The number of ether oxygens (including phenoxy) is 2. The van der Waals surface area contributed by atoms with Crippen molar-refractivity contribution in [1.82, 2.24) is 9.13 Å². The fourth-order valence-electron chi connectivity index (χ4n) is 6.76. The summed E-state index contributed by atoms with van der Waals surface area (Å²) in [6.07, 6.45) is 3.04. The Morgan fingerprint density at radius 3 is 2.16 bits per heavy atom. The number of anilines is 4. The second-order valence-electron chi connectivity index (χ2n) is 14.8. The maximum absolute atomic E-state index is 13.8. The van der Waals surface area contributed by atoms with Gasteiger partial charge in [-0.05, 0) is 61.5 Å². The lowest BCUT2D eigenvalue weighted by Gasteiger charge is -2.20. The highest BCUT2D eigenvalue weighted by Crippen LogP contribution is 2.46. The zero-order valence-corrected chi connectivity index (χ0v) is 33.0. The highest BCUT2D eigenvalue weighted by Gasteiger charge is 2.35. The van der Waals surface area contributed by atoms with Gasteiger partial charge in [-0.3, -0.25) is 19.2 Å². The molecule has 1 aliphatic rings. The van der Waals surface area contributed by atoms with Gasteiger partial charge in [-0.2, -0.15) is 0 Å². The van der Waals surface area contributed by atoms with Crippen molar-refractivity contribution in [1.29, 1.82) is 0 Å². The monoisotopic (exact) mass is 780 g/mol. The molecule has 1 atom stereocenters. The van der Waals surface area contributed by atoms with E-state index in [0.29, 0.717) is 35.0 Å². The Labute approximate surface area is 329 Å². The normalized spacial score (nSPS) is 13.6. The van der Waals surface area contributed by atoms with E-state index in [0.717, 1.165) is 21.9 Å². The molecule has 0 saturated carbocycles. The lowest BCUT2D eigenvalue weighted by Crippen LogP contribution is -2.30. The summed E-state index contributed by atoms with van der Waals surface area (Å²) in [6.45, 7) is 7.40. The molecule has 3 aromatic carbocycles. The third-order valence-corrected chi connectivity index (χ3v) is 9.60. The molecule has 0 fully saturated rings. The molecular weight excluding hydrogens is 736 g/mol. The number of aromatic nitrogens is 2. The minimum Gasteiger partial charge on any atom is -0.488 e. The molecule has 292 valence electrons. The number of carbonyl (C=O) groups is 5. The van der Waals surface area contributed by atoms with Crippen molar-refractivity contribution in [2.45, 2.75) is 58.7 Å². The second kappa shape index (κ2) is 16.3. The second-order valence-corrected chi connectivity index (χ2v) is 15.1. The molecule has 0 aliphatic carbocycles. The van der Waals surface area contributed by atoms with Crippen molar-refractivity contribution < 1.29 is 33.4 Å². The number of hydrogen-bond donors (Lipinski definition) is 3. The summed E-state index contributed by atoms with van der Waals surface area (Å²) >= 11 is 6.49. The molecule has 0 radical (unpaired) electrons. The Bertz CT molecular complexity index is 2320. The Balaban J connectivity index is 1.14. The molecule has 4 amide bonds. The molecule has 1 aliphatic heterocycles. The Morgan fingerprint density at radius 2 is 1.48 bits per heavy atom. The average Bonchev–Trinajstić information content (AvgIpc) is 3.82. The highest BCUT2D eigenvalue weighted by molar-refractivity contribution is 6.19. The van der Waals surface area contributed by atoms with E-state index in [1.54, 1.807) is 61.3 Å². The summed E-state index contributed by atoms with van der Waals surface area (Å²) < 4.78 is 14.9. The molecule has 56 heavy (non-hydrogen) atoms. The molecule has 3 N–H and O–H groups in total. The van der Waals surface area contributed by atoms with Crippen LogP contribution in [0.15, 0.2) is 79.1 Å². The quantitative estimate of drug-likeness (QED) is 0.0884. The van der Waals surface area contributed by atoms with Gasteiger partial charge in [0.05, 0.1) is 17.1 Å². The topological polar surface area (TPSA) is 153 Å². The first-order chi connectivity index (χ1) is 26.6. The summed E-state index contributed by atoms with van der Waals surface area (Å²) in [6, 6.07) is 20.2. The lowest BCUT2D eigenvalue weighted by atomic mass is 9.95. The first kappa shape index (κ1) is 39.6. The van der Waals surface area contributed by atoms with Gasteiger partial charge in [-0.1, -0.05) is 36.4 Å². The van der Waals surface area contributed by atoms with Crippen LogP contribution in [0.1, 0.15) is 78.6 Å². The Hall–Kier alpha value is -6.08. The Kier molecular flexibility index (Phi) is 11.6. The highest BCUT2D eigenvalue weighted by atomic mass is 35.5. The molecule has 2 aromatic heterocycles. The Morgan fingerprint density at radius 1 is 0.804 bits per heavy atom. The number of rotatable bonds is 12. The van der Waals surface area contributed by atoms with Gasteiger partial charge in [-0.25, -0.2) is 4.79 Å². The van der Waals surface area contributed by atoms with Crippen molar-refractivity contribution in [3.63, 3.8) is 0 Å². The van der Waals surface area contributed by atoms with Crippen LogP contribution in [0.4, 0.5) is 22.7 Å². The SMILES string of the molecule is CC(=O)Nc1ccc2c3c(cc(OCc4ccccc4)c2c1)N(C(=O)CCC(=O)Nc1cc(C(=O)Nc2cc(C(=O)OC(C)(C)C)n(C)c2)n(C)c1)CC3CCl. The summed E-state index contributed by atoms with van der Waals surface area (Å²) in [5.41, 5.74) is 3.81. The van der Waals surface area contributed by atoms with Crippen LogP contribution in [0.5, 0.6) is 5.75 Å². The third-order valence-electron chi connectivity index (χ3n) is 9.22. The molecule has 0 spiro atoms. The van der Waals surface area contributed by atoms with E-state index in [2.05, 4.69) is 16.0 Å². The van der Waals surface area contributed by atoms with E-state index in [9.17, 15) is 24.0 Å². The summed E-state index contributed by atoms with van der Waals surface area (Å²) in [5.74, 6) is -1.17. The van der Waals surface area contributed by atoms with Gasteiger partial charge in [0.25, 0.3) is 5.91 Å².